The fourth-order valence-corrected chi connectivity index (χ4v) is 1.71. The third-order valence-electron chi connectivity index (χ3n) is 1.51. The number of hydrazine groups is 2. The van der Waals surface area contributed by atoms with Gasteiger partial charge in [0.25, 0.3) is 11.8 Å². The molecule has 0 saturated carbocycles. The monoisotopic (exact) mass is 228 g/mol. The molecule has 0 radical (unpaired) electrons. The van der Waals surface area contributed by atoms with Crippen molar-refractivity contribution in [1.82, 2.24) is 15.9 Å². The number of hydrogen-bond acceptors (Lipinski definition) is 5. The average Bonchev–Trinajstić information content (AvgIpc) is 2.64. The van der Waals surface area contributed by atoms with E-state index in [2.05, 4.69) is 5.43 Å². The van der Waals surface area contributed by atoms with Crippen LogP contribution in [0.15, 0.2) is 12.1 Å². The molecule has 1 aromatic heterocycles. The number of nitrogens with one attached hydrogen (secondary N) is 2. The maximum Gasteiger partial charge on any atom is 0.275 e. The number of amides is 2. The highest BCUT2D eigenvalue weighted by molar-refractivity contribution is 7.15. The van der Waals surface area contributed by atoms with E-state index in [1.165, 1.54) is 5.01 Å². The molecule has 1 rings (SSSR count). The van der Waals surface area contributed by atoms with Crippen LogP contribution in [0, 0.1) is 0 Å². The molecule has 1 aromatic rings. The van der Waals surface area contributed by atoms with E-state index in [9.17, 15) is 9.59 Å². The van der Waals surface area contributed by atoms with E-state index in [0.717, 1.165) is 11.3 Å². The van der Waals surface area contributed by atoms with Gasteiger partial charge in [-0.1, -0.05) is 0 Å². The van der Waals surface area contributed by atoms with Crippen molar-refractivity contribution in [1.29, 1.82) is 0 Å². The van der Waals surface area contributed by atoms with Gasteiger partial charge in [-0.15, -0.1) is 11.3 Å². The minimum absolute atomic E-state index is 0.249. The van der Waals surface area contributed by atoms with E-state index in [1.54, 1.807) is 26.2 Å². The molecule has 6 nitrogen and oxygen atoms in total. The van der Waals surface area contributed by atoms with Crippen LogP contribution in [0.25, 0.3) is 0 Å². The van der Waals surface area contributed by atoms with E-state index < -0.39 is 5.91 Å². The van der Waals surface area contributed by atoms with Crippen LogP contribution in [0.1, 0.15) is 19.3 Å². The molecule has 0 aliphatic heterocycles. The maximum atomic E-state index is 11.5. The predicted molar refractivity (Wildman–Crippen MR) is 57.1 cm³/mol. The molecular formula is C8H12N4O2S. The Labute approximate surface area is 91.0 Å². The van der Waals surface area contributed by atoms with Gasteiger partial charge in [0.1, 0.15) is 0 Å². The van der Waals surface area contributed by atoms with Gasteiger partial charge in [-0.3, -0.25) is 20.4 Å². The number of thiophene rings is 1. The lowest BCUT2D eigenvalue weighted by Crippen LogP contribution is -2.35. The van der Waals surface area contributed by atoms with Crippen molar-refractivity contribution in [2.24, 2.45) is 5.84 Å². The third kappa shape index (κ3) is 3.01. The van der Waals surface area contributed by atoms with Gasteiger partial charge in [0.05, 0.1) is 9.75 Å². The first kappa shape index (κ1) is 11.6. The molecule has 1 heterocycles. The second-order valence-electron chi connectivity index (χ2n) is 2.97. The second kappa shape index (κ2) is 4.87. The summed E-state index contributed by atoms with van der Waals surface area (Å²) in [5.41, 5.74) is 4.57. The minimum atomic E-state index is -0.399. The quantitative estimate of drug-likeness (QED) is 0.372. The highest BCUT2D eigenvalue weighted by Gasteiger charge is 2.12. The third-order valence-corrected chi connectivity index (χ3v) is 2.59. The molecule has 0 unspecified atom stereocenters. The summed E-state index contributed by atoms with van der Waals surface area (Å²) in [6, 6.07) is 3.13. The molecule has 0 fully saturated rings. The zero-order valence-electron chi connectivity index (χ0n) is 8.40. The molecular weight excluding hydrogens is 216 g/mol. The maximum absolute atomic E-state index is 11.5. The highest BCUT2D eigenvalue weighted by atomic mass is 32.1. The van der Waals surface area contributed by atoms with E-state index in [-0.39, 0.29) is 5.91 Å². The number of hydrogen-bond donors (Lipinski definition) is 3. The zero-order valence-corrected chi connectivity index (χ0v) is 9.22. The largest absolute Gasteiger partial charge is 0.289 e. The number of carbonyl (C=O) groups excluding carboxylic acids is 2. The molecule has 0 bridgehead atoms. The fourth-order valence-electron chi connectivity index (χ4n) is 0.911. The molecule has 82 valence electrons. The number of rotatable bonds is 3. The van der Waals surface area contributed by atoms with Crippen LogP contribution < -0.4 is 16.7 Å². The summed E-state index contributed by atoms with van der Waals surface area (Å²) in [6.45, 7) is 0. The summed E-state index contributed by atoms with van der Waals surface area (Å²) in [6.07, 6.45) is 0. The van der Waals surface area contributed by atoms with Crippen LogP contribution in [0.5, 0.6) is 0 Å². The Morgan fingerprint density at radius 2 is 1.80 bits per heavy atom. The Kier molecular flexibility index (Phi) is 3.78. The Morgan fingerprint density at radius 1 is 1.27 bits per heavy atom. The number of carbonyl (C=O) groups is 2. The van der Waals surface area contributed by atoms with Crippen LogP contribution in [0.4, 0.5) is 0 Å². The van der Waals surface area contributed by atoms with Crippen LogP contribution >= 0.6 is 11.3 Å². The van der Waals surface area contributed by atoms with E-state index in [0.29, 0.717) is 9.75 Å². The van der Waals surface area contributed by atoms with E-state index in [1.807, 2.05) is 5.43 Å². The first-order valence-electron chi connectivity index (χ1n) is 4.13. The van der Waals surface area contributed by atoms with Gasteiger partial charge in [0, 0.05) is 14.1 Å². The van der Waals surface area contributed by atoms with Gasteiger partial charge in [0.15, 0.2) is 0 Å². The molecule has 15 heavy (non-hydrogen) atoms. The second-order valence-corrected chi connectivity index (χ2v) is 4.06. The standard InChI is InChI=1S/C8H12N4O2S/c1-12(2)11-8(14)6-4-3-5(15-6)7(13)10-9/h3-4H,9H2,1-2H3,(H,10,13)(H,11,14). The van der Waals surface area contributed by atoms with Crippen LogP contribution in [0.2, 0.25) is 0 Å². The molecule has 7 heteroatoms. The van der Waals surface area contributed by atoms with Crippen LogP contribution in [-0.2, 0) is 0 Å². The minimum Gasteiger partial charge on any atom is -0.289 e. The Bertz CT molecular complexity index is 374. The number of nitrogen functional groups attached to an aromatic ring is 1. The van der Waals surface area contributed by atoms with Crippen molar-refractivity contribution < 1.29 is 9.59 Å². The summed E-state index contributed by atoms with van der Waals surface area (Å²) < 4.78 is 0. The SMILES string of the molecule is CN(C)NC(=O)c1ccc(C(=O)NN)s1. The highest BCUT2D eigenvalue weighted by Crippen LogP contribution is 2.15. The first-order valence-corrected chi connectivity index (χ1v) is 4.95. The van der Waals surface area contributed by atoms with Crippen molar-refractivity contribution in [3.8, 4) is 0 Å². The summed E-state index contributed by atoms with van der Waals surface area (Å²) >= 11 is 1.08. The van der Waals surface area contributed by atoms with Crippen molar-refractivity contribution in [3.05, 3.63) is 21.9 Å². The molecule has 4 N–H and O–H groups in total. The van der Waals surface area contributed by atoms with Gasteiger partial charge in [0.2, 0.25) is 0 Å². The number of nitrogens with two attached hydrogens (primary N) is 1. The molecule has 0 aromatic carbocycles. The topological polar surface area (TPSA) is 87.5 Å². The van der Waals surface area contributed by atoms with Gasteiger partial charge in [-0.05, 0) is 12.1 Å². The molecule has 0 aliphatic rings. The fraction of sp³-hybridized carbons (Fsp3) is 0.250. The smallest absolute Gasteiger partial charge is 0.275 e. The molecule has 0 spiro atoms. The average molecular weight is 228 g/mol. The van der Waals surface area contributed by atoms with Gasteiger partial charge < -0.3 is 0 Å². The first-order chi connectivity index (χ1) is 7.04. The van der Waals surface area contributed by atoms with Crippen molar-refractivity contribution in [3.63, 3.8) is 0 Å². The van der Waals surface area contributed by atoms with Crippen molar-refractivity contribution in [2.45, 2.75) is 0 Å². The lowest BCUT2D eigenvalue weighted by molar-refractivity contribution is 0.0861. The Hall–Kier alpha value is -1.44. The number of nitrogens with zero attached hydrogens (tertiary/aromatic N) is 1. The lowest BCUT2D eigenvalue weighted by atomic mass is 10.4. The normalized spacial score (nSPS) is 10.1. The lowest BCUT2D eigenvalue weighted by Gasteiger charge is -2.09. The van der Waals surface area contributed by atoms with Gasteiger partial charge in [-0.25, -0.2) is 10.9 Å². The Morgan fingerprint density at radius 3 is 2.27 bits per heavy atom. The summed E-state index contributed by atoms with van der Waals surface area (Å²) in [5.74, 6) is 4.32. The summed E-state index contributed by atoms with van der Waals surface area (Å²) in [7, 11) is 3.41. The molecule has 0 saturated heterocycles. The summed E-state index contributed by atoms with van der Waals surface area (Å²) in [5, 5.41) is 1.53. The molecule has 0 aliphatic carbocycles. The van der Waals surface area contributed by atoms with Gasteiger partial charge in [-0.2, -0.15) is 0 Å². The predicted octanol–water partition coefficient (Wildman–Crippen LogP) is -0.442. The van der Waals surface area contributed by atoms with E-state index in [4.69, 9.17) is 5.84 Å². The van der Waals surface area contributed by atoms with Crippen LogP contribution in [-0.4, -0.2) is 30.9 Å². The zero-order chi connectivity index (χ0) is 11.4. The van der Waals surface area contributed by atoms with Crippen molar-refractivity contribution in [2.75, 3.05) is 14.1 Å². The Balaban J connectivity index is 2.75. The van der Waals surface area contributed by atoms with Crippen LogP contribution in [0.3, 0.4) is 0 Å². The van der Waals surface area contributed by atoms with E-state index >= 15 is 0 Å². The van der Waals surface area contributed by atoms with Gasteiger partial charge >= 0.3 is 0 Å². The van der Waals surface area contributed by atoms with Crippen molar-refractivity contribution >= 4 is 23.2 Å². The molecule has 2 amide bonds. The summed E-state index contributed by atoms with van der Waals surface area (Å²) in [4.78, 5) is 23.4. The molecule has 0 atom stereocenters.